The van der Waals surface area contributed by atoms with Crippen LogP contribution in [0.25, 0.3) is 10.9 Å². The molecule has 0 unspecified atom stereocenters. The number of carbonyl (C=O) groups excluding carboxylic acids is 1. The molecule has 1 heterocycles. The third kappa shape index (κ3) is 5.24. The fourth-order valence-corrected chi connectivity index (χ4v) is 3.75. The second-order valence-electron chi connectivity index (χ2n) is 7.89. The smallest absolute Gasteiger partial charge is 0.273 e. The van der Waals surface area contributed by atoms with Crippen molar-refractivity contribution in [1.29, 1.82) is 0 Å². The molecule has 0 spiro atoms. The first kappa shape index (κ1) is 22.8. The number of anilines is 1. The lowest BCUT2D eigenvalue weighted by Crippen LogP contribution is -2.17. The van der Waals surface area contributed by atoms with Gasteiger partial charge in [-0.15, -0.1) is 0 Å². The molecule has 1 aromatic heterocycles. The molecule has 0 aliphatic carbocycles. The molecule has 1 amide bonds. The van der Waals surface area contributed by atoms with Gasteiger partial charge in [-0.2, -0.15) is 0 Å². The number of nitrogens with one attached hydrogen (secondary N) is 1. The third-order valence-electron chi connectivity index (χ3n) is 5.05. The van der Waals surface area contributed by atoms with Crippen molar-refractivity contribution in [3.8, 4) is 0 Å². The Bertz CT molecular complexity index is 1160. The minimum Gasteiger partial charge on any atom is -0.392 e. The predicted molar refractivity (Wildman–Crippen MR) is 129 cm³/mol. The van der Waals surface area contributed by atoms with Gasteiger partial charge in [-0.1, -0.05) is 55.8 Å². The molecule has 31 heavy (non-hydrogen) atoms. The summed E-state index contributed by atoms with van der Waals surface area (Å²) >= 11 is 6.26. The van der Waals surface area contributed by atoms with E-state index in [1.807, 2.05) is 41.8 Å². The quantitative estimate of drug-likeness (QED) is 0.291. The Morgan fingerprint density at radius 3 is 2.65 bits per heavy atom. The number of amides is 1. The van der Waals surface area contributed by atoms with Gasteiger partial charge in [0.15, 0.2) is 0 Å². The number of aromatic nitrogens is 1. The Morgan fingerprint density at radius 1 is 1.23 bits per heavy atom. The minimum absolute atomic E-state index is 0.154. The van der Waals surface area contributed by atoms with Gasteiger partial charge in [-0.3, -0.25) is 4.79 Å². The van der Waals surface area contributed by atoms with Crippen LogP contribution in [0.5, 0.6) is 0 Å². The van der Waals surface area contributed by atoms with Crippen molar-refractivity contribution >= 4 is 39.9 Å². The van der Waals surface area contributed by atoms with Crippen LogP contribution in [-0.4, -0.2) is 21.4 Å². The number of fused-ring (bicyclic) bond motifs is 1. The maximum atomic E-state index is 12.8. The van der Waals surface area contributed by atoms with Crippen LogP contribution in [0.3, 0.4) is 0 Å². The van der Waals surface area contributed by atoms with Crippen molar-refractivity contribution in [3.05, 3.63) is 76.6 Å². The Hall–Kier alpha value is -2.89. The van der Waals surface area contributed by atoms with Crippen LogP contribution in [0, 0.1) is 5.92 Å². The van der Waals surface area contributed by atoms with Crippen molar-refractivity contribution in [2.45, 2.75) is 40.7 Å². The number of aliphatic hydroxyl groups is 1. The van der Waals surface area contributed by atoms with Gasteiger partial charge in [-0.05, 0) is 49.9 Å². The summed E-state index contributed by atoms with van der Waals surface area (Å²) in [6.07, 6.45) is 4.69. The van der Waals surface area contributed by atoms with Gasteiger partial charge in [0, 0.05) is 27.9 Å². The number of nitrogens with zero attached hydrogens (tertiary/aromatic N) is 2. The van der Waals surface area contributed by atoms with Gasteiger partial charge in [0.25, 0.3) is 5.91 Å². The zero-order chi connectivity index (χ0) is 22.5. The molecule has 5 nitrogen and oxygen atoms in total. The summed E-state index contributed by atoms with van der Waals surface area (Å²) in [6.45, 7) is 7.87. The standard InChI is InChI=1S/C25H28ClN3O2/c1-5-22(25(31)28-23-9-7-6-8-18(23)15-30)27-17(4)29-14-19(12-16(2)3)21-11-10-20(26)13-24(21)29/h5-11,13-14,16,30H,12,15H2,1-4H3,(H,28,31)/b22-5-,27-17?. The monoisotopic (exact) mass is 437 g/mol. The number of para-hydroxylation sites is 1. The van der Waals surface area contributed by atoms with E-state index in [1.54, 1.807) is 25.1 Å². The Kier molecular flexibility index (Phi) is 7.31. The van der Waals surface area contributed by atoms with Crippen LogP contribution in [0.2, 0.25) is 5.02 Å². The third-order valence-corrected chi connectivity index (χ3v) is 5.29. The predicted octanol–water partition coefficient (Wildman–Crippen LogP) is 5.79. The van der Waals surface area contributed by atoms with Crippen LogP contribution in [0.1, 0.15) is 38.8 Å². The number of hydrogen-bond donors (Lipinski definition) is 2. The number of benzene rings is 2. The maximum absolute atomic E-state index is 12.8. The molecular weight excluding hydrogens is 410 g/mol. The lowest BCUT2D eigenvalue weighted by Gasteiger charge is -2.11. The minimum atomic E-state index is -0.334. The molecular formula is C25H28ClN3O2. The number of hydrogen-bond acceptors (Lipinski definition) is 3. The van der Waals surface area contributed by atoms with Gasteiger partial charge in [0.05, 0.1) is 12.1 Å². The van der Waals surface area contributed by atoms with Gasteiger partial charge in [-0.25, -0.2) is 4.99 Å². The van der Waals surface area contributed by atoms with Gasteiger partial charge in [0.2, 0.25) is 0 Å². The zero-order valence-corrected chi connectivity index (χ0v) is 19.1. The molecule has 0 bridgehead atoms. The molecule has 3 aromatic rings. The number of halogens is 1. The highest BCUT2D eigenvalue weighted by atomic mass is 35.5. The number of rotatable bonds is 6. The van der Waals surface area contributed by atoms with Gasteiger partial charge >= 0.3 is 0 Å². The van der Waals surface area contributed by atoms with E-state index in [0.717, 1.165) is 17.3 Å². The van der Waals surface area contributed by atoms with Crippen molar-refractivity contribution in [2.75, 3.05) is 5.32 Å². The van der Waals surface area contributed by atoms with Gasteiger partial charge < -0.3 is 15.0 Å². The summed E-state index contributed by atoms with van der Waals surface area (Å²) in [5, 5.41) is 14.1. The van der Waals surface area contributed by atoms with Crippen LogP contribution >= 0.6 is 11.6 Å². The summed E-state index contributed by atoms with van der Waals surface area (Å²) in [7, 11) is 0. The van der Waals surface area contributed by atoms with Crippen LogP contribution in [0.15, 0.2) is 65.4 Å². The molecule has 0 saturated carbocycles. The molecule has 3 rings (SSSR count). The van der Waals surface area contributed by atoms with E-state index in [4.69, 9.17) is 11.6 Å². The van der Waals surface area contributed by atoms with E-state index in [2.05, 4.69) is 30.4 Å². The molecule has 162 valence electrons. The topological polar surface area (TPSA) is 66.6 Å². The summed E-state index contributed by atoms with van der Waals surface area (Å²) in [6, 6.07) is 13.0. The van der Waals surface area contributed by atoms with Crippen molar-refractivity contribution in [2.24, 2.45) is 10.9 Å². The summed E-state index contributed by atoms with van der Waals surface area (Å²) in [5.74, 6) is 0.844. The molecule has 2 aromatic carbocycles. The van der Waals surface area contributed by atoms with Crippen LogP contribution in [0.4, 0.5) is 5.69 Å². The SMILES string of the molecule is C/C=C(\N=C(C)n1cc(CC(C)C)c2ccc(Cl)cc21)C(=O)Nc1ccccc1CO. The molecule has 0 saturated heterocycles. The lowest BCUT2D eigenvalue weighted by atomic mass is 10.0. The van der Waals surface area contributed by atoms with E-state index in [0.29, 0.717) is 33.7 Å². The summed E-state index contributed by atoms with van der Waals surface area (Å²) in [4.78, 5) is 17.5. The average Bonchev–Trinajstić information content (AvgIpc) is 3.08. The largest absolute Gasteiger partial charge is 0.392 e. The molecule has 2 N–H and O–H groups in total. The number of carbonyl (C=O) groups is 1. The van der Waals surface area contributed by atoms with Crippen LogP contribution < -0.4 is 5.32 Å². The Balaban J connectivity index is 1.96. The Morgan fingerprint density at radius 2 is 1.97 bits per heavy atom. The molecule has 6 heteroatoms. The first-order valence-electron chi connectivity index (χ1n) is 10.4. The lowest BCUT2D eigenvalue weighted by molar-refractivity contribution is -0.112. The number of aliphatic imine (C=N–C) groups is 1. The number of aliphatic hydroxyl groups excluding tert-OH is 1. The second kappa shape index (κ2) is 9.94. The zero-order valence-electron chi connectivity index (χ0n) is 18.3. The highest BCUT2D eigenvalue weighted by molar-refractivity contribution is 6.31. The fourth-order valence-electron chi connectivity index (χ4n) is 3.58. The second-order valence-corrected chi connectivity index (χ2v) is 8.32. The molecule has 0 aliphatic rings. The summed E-state index contributed by atoms with van der Waals surface area (Å²) < 4.78 is 1.98. The maximum Gasteiger partial charge on any atom is 0.273 e. The van der Waals surface area contributed by atoms with E-state index >= 15 is 0 Å². The molecule has 0 fully saturated rings. The first-order chi connectivity index (χ1) is 14.8. The Labute approximate surface area is 188 Å². The van der Waals surface area contributed by atoms with E-state index in [-0.39, 0.29) is 12.5 Å². The number of allylic oxidation sites excluding steroid dienone is 1. The van der Waals surface area contributed by atoms with Gasteiger partial charge in [0.1, 0.15) is 11.5 Å². The summed E-state index contributed by atoms with van der Waals surface area (Å²) in [5.41, 5.74) is 3.70. The van der Waals surface area contributed by atoms with Crippen molar-refractivity contribution in [1.82, 2.24) is 4.57 Å². The average molecular weight is 438 g/mol. The van der Waals surface area contributed by atoms with E-state index < -0.39 is 0 Å². The van der Waals surface area contributed by atoms with E-state index in [1.165, 1.54) is 5.56 Å². The normalized spacial score (nSPS) is 12.6. The fraction of sp³-hybridized carbons (Fsp3) is 0.280. The first-order valence-corrected chi connectivity index (χ1v) is 10.7. The highest BCUT2D eigenvalue weighted by Gasteiger charge is 2.15. The van der Waals surface area contributed by atoms with Crippen LogP contribution in [-0.2, 0) is 17.8 Å². The van der Waals surface area contributed by atoms with Crippen molar-refractivity contribution < 1.29 is 9.90 Å². The van der Waals surface area contributed by atoms with Crippen molar-refractivity contribution in [3.63, 3.8) is 0 Å². The van der Waals surface area contributed by atoms with E-state index in [9.17, 15) is 9.90 Å². The molecule has 0 radical (unpaired) electrons. The molecule has 0 atom stereocenters. The highest BCUT2D eigenvalue weighted by Crippen LogP contribution is 2.27. The molecule has 0 aliphatic heterocycles.